The number of aromatic nitrogens is 6. The van der Waals surface area contributed by atoms with Crippen LogP contribution >= 0.6 is 22.7 Å². The van der Waals surface area contributed by atoms with Crippen molar-refractivity contribution in [3.63, 3.8) is 0 Å². The van der Waals surface area contributed by atoms with Gasteiger partial charge in [0, 0.05) is 10.9 Å². The highest BCUT2D eigenvalue weighted by molar-refractivity contribution is 7.22. The topological polar surface area (TPSA) is 60.9 Å². The Morgan fingerprint density at radius 3 is 2.43 bits per heavy atom. The fraction of sp³-hybridized carbons (Fsp3) is 0.0909. The standard InChI is InChI=1S/C22H16N6S2/c1-13-8-10-15(11-9-13)20-26-28-19(23-24-22(28)30-20)18-12-17-14(2)25-27(21(17)29-18)16-6-4-3-5-7-16/h3-12H,1-2H3. The first kappa shape index (κ1) is 17.5. The van der Waals surface area contributed by atoms with Crippen LogP contribution in [0.5, 0.6) is 0 Å². The Morgan fingerprint density at radius 2 is 1.63 bits per heavy atom. The third-order valence-corrected chi connectivity index (χ3v) is 7.11. The molecule has 0 amide bonds. The minimum absolute atomic E-state index is 0.764. The lowest BCUT2D eigenvalue weighted by atomic mass is 10.2. The van der Waals surface area contributed by atoms with Crippen molar-refractivity contribution in [1.29, 1.82) is 0 Å². The smallest absolute Gasteiger partial charge is 0.223 e. The lowest BCUT2D eigenvalue weighted by Gasteiger charge is -2.00. The second kappa shape index (κ2) is 6.58. The number of aryl methyl sites for hydroxylation is 2. The maximum absolute atomic E-state index is 4.80. The largest absolute Gasteiger partial charge is 0.235 e. The molecule has 8 heteroatoms. The third-order valence-electron chi connectivity index (χ3n) is 5.06. The number of para-hydroxylation sites is 1. The zero-order valence-electron chi connectivity index (χ0n) is 16.3. The van der Waals surface area contributed by atoms with Gasteiger partial charge < -0.3 is 0 Å². The molecule has 0 bridgehead atoms. The Balaban J connectivity index is 1.48. The zero-order valence-corrected chi connectivity index (χ0v) is 17.9. The highest BCUT2D eigenvalue weighted by Crippen LogP contribution is 2.36. The average Bonchev–Trinajstić information content (AvgIpc) is 3.51. The van der Waals surface area contributed by atoms with Gasteiger partial charge >= 0.3 is 0 Å². The molecule has 6 nitrogen and oxygen atoms in total. The highest BCUT2D eigenvalue weighted by Gasteiger charge is 2.19. The number of hydrogen-bond acceptors (Lipinski definition) is 6. The molecule has 0 radical (unpaired) electrons. The Bertz CT molecular complexity index is 1500. The van der Waals surface area contributed by atoms with Gasteiger partial charge in [-0.2, -0.15) is 14.7 Å². The van der Waals surface area contributed by atoms with E-state index in [-0.39, 0.29) is 0 Å². The first-order chi connectivity index (χ1) is 14.7. The normalized spacial score (nSPS) is 11.7. The number of benzene rings is 2. The van der Waals surface area contributed by atoms with E-state index < -0.39 is 0 Å². The third kappa shape index (κ3) is 2.68. The molecule has 0 atom stereocenters. The summed E-state index contributed by atoms with van der Waals surface area (Å²) < 4.78 is 3.84. The van der Waals surface area contributed by atoms with Gasteiger partial charge in [-0.3, -0.25) is 0 Å². The molecule has 146 valence electrons. The summed E-state index contributed by atoms with van der Waals surface area (Å²) in [6.07, 6.45) is 0. The molecule has 30 heavy (non-hydrogen) atoms. The van der Waals surface area contributed by atoms with Gasteiger partial charge in [0.25, 0.3) is 0 Å². The van der Waals surface area contributed by atoms with Crippen molar-refractivity contribution in [3.8, 4) is 27.0 Å². The second-order valence-corrected chi connectivity index (χ2v) is 9.14. The van der Waals surface area contributed by atoms with Gasteiger partial charge in [-0.25, -0.2) is 4.68 Å². The summed E-state index contributed by atoms with van der Waals surface area (Å²) in [7, 11) is 0. The molecule has 0 fully saturated rings. The quantitative estimate of drug-likeness (QED) is 0.371. The Labute approximate surface area is 180 Å². The van der Waals surface area contributed by atoms with Crippen LogP contribution in [0.1, 0.15) is 11.3 Å². The molecule has 0 aliphatic carbocycles. The van der Waals surface area contributed by atoms with Crippen molar-refractivity contribution in [3.05, 3.63) is 71.9 Å². The van der Waals surface area contributed by atoms with E-state index in [9.17, 15) is 0 Å². The van der Waals surface area contributed by atoms with Crippen LogP contribution in [0.4, 0.5) is 0 Å². The summed E-state index contributed by atoms with van der Waals surface area (Å²) in [6.45, 7) is 4.12. The van der Waals surface area contributed by atoms with Crippen LogP contribution in [0, 0.1) is 13.8 Å². The molecular weight excluding hydrogens is 412 g/mol. The van der Waals surface area contributed by atoms with Crippen molar-refractivity contribution >= 4 is 37.9 Å². The van der Waals surface area contributed by atoms with Crippen LogP contribution < -0.4 is 0 Å². The van der Waals surface area contributed by atoms with Crippen LogP contribution in [0.15, 0.2) is 60.7 Å². The number of rotatable bonds is 3. The van der Waals surface area contributed by atoms with Crippen molar-refractivity contribution < 1.29 is 0 Å². The predicted molar refractivity (Wildman–Crippen MR) is 122 cm³/mol. The van der Waals surface area contributed by atoms with Crippen molar-refractivity contribution in [2.45, 2.75) is 13.8 Å². The average molecular weight is 429 g/mol. The van der Waals surface area contributed by atoms with Gasteiger partial charge in [0.2, 0.25) is 4.96 Å². The SMILES string of the molecule is Cc1ccc(-c2nn3c(-c4cc5c(C)nn(-c6ccccc6)c5s4)nnc3s2)cc1. The summed E-state index contributed by atoms with van der Waals surface area (Å²) in [6, 6.07) is 20.7. The Morgan fingerprint density at radius 1 is 0.833 bits per heavy atom. The van der Waals surface area contributed by atoms with Gasteiger partial charge in [-0.15, -0.1) is 21.5 Å². The van der Waals surface area contributed by atoms with Gasteiger partial charge in [0.05, 0.1) is 16.3 Å². The molecule has 6 aromatic rings. The van der Waals surface area contributed by atoms with Crippen LogP contribution in [-0.4, -0.2) is 29.6 Å². The van der Waals surface area contributed by atoms with E-state index in [1.807, 2.05) is 34.3 Å². The van der Waals surface area contributed by atoms with Gasteiger partial charge in [-0.1, -0.05) is 59.4 Å². The highest BCUT2D eigenvalue weighted by atomic mass is 32.1. The molecule has 4 heterocycles. The molecule has 0 saturated carbocycles. The Kier molecular flexibility index (Phi) is 3.84. The summed E-state index contributed by atoms with van der Waals surface area (Å²) in [4.78, 5) is 2.92. The lowest BCUT2D eigenvalue weighted by molar-refractivity contribution is 0.894. The molecule has 6 rings (SSSR count). The molecule has 0 aliphatic rings. The van der Waals surface area contributed by atoms with E-state index in [2.05, 4.69) is 59.6 Å². The van der Waals surface area contributed by atoms with E-state index in [1.165, 1.54) is 5.56 Å². The minimum atomic E-state index is 0.764. The second-order valence-electron chi connectivity index (χ2n) is 7.15. The maximum atomic E-state index is 4.80. The van der Waals surface area contributed by atoms with E-state index in [0.29, 0.717) is 0 Å². The van der Waals surface area contributed by atoms with Gasteiger partial charge in [0.1, 0.15) is 9.84 Å². The molecule has 0 aliphatic heterocycles. The first-order valence-electron chi connectivity index (χ1n) is 9.51. The summed E-state index contributed by atoms with van der Waals surface area (Å²) in [5.74, 6) is 0.764. The number of fused-ring (bicyclic) bond motifs is 2. The molecule has 0 spiro atoms. The lowest BCUT2D eigenvalue weighted by Crippen LogP contribution is -1.94. The maximum Gasteiger partial charge on any atom is 0.235 e. The monoisotopic (exact) mass is 428 g/mol. The molecular formula is C22H16N6S2. The predicted octanol–water partition coefficient (Wildman–Crippen LogP) is 5.54. The number of thiophene rings is 1. The van der Waals surface area contributed by atoms with Crippen LogP contribution in [0.25, 0.3) is 42.1 Å². The van der Waals surface area contributed by atoms with Crippen molar-refractivity contribution in [1.82, 2.24) is 29.6 Å². The van der Waals surface area contributed by atoms with E-state index in [4.69, 9.17) is 10.2 Å². The van der Waals surface area contributed by atoms with Crippen LogP contribution in [0.3, 0.4) is 0 Å². The molecule has 0 unspecified atom stereocenters. The van der Waals surface area contributed by atoms with E-state index >= 15 is 0 Å². The molecule has 4 aromatic heterocycles. The summed E-state index contributed by atoms with van der Waals surface area (Å²) >= 11 is 3.21. The molecule has 2 aromatic carbocycles. The van der Waals surface area contributed by atoms with Crippen molar-refractivity contribution in [2.75, 3.05) is 0 Å². The fourth-order valence-electron chi connectivity index (χ4n) is 3.49. The zero-order chi connectivity index (χ0) is 20.2. The Hall–Kier alpha value is -3.36. The molecule has 0 saturated heterocycles. The first-order valence-corrected chi connectivity index (χ1v) is 11.1. The summed E-state index contributed by atoms with van der Waals surface area (Å²) in [5.41, 5.74) is 4.37. The molecule has 0 N–H and O–H groups in total. The number of nitrogens with zero attached hydrogens (tertiary/aromatic N) is 6. The van der Waals surface area contributed by atoms with Gasteiger partial charge in [0.15, 0.2) is 5.82 Å². The summed E-state index contributed by atoms with van der Waals surface area (Å²) in [5, 5.41) is 20.4. The van der Waals surface area contributed by atoms with Crippen LogP contribution in [-0.2, 0) is 0 Å². The van der Waals surface area contributed by atoms with Crippen molar-refractivity contribution in [2.24, 2.45) is 0 Å². The fourth-order valence-corrected chi connectivity index (χ4v) is 5.48. The van der Waals surface area contributed by atoms with Crippen LogP contribution in [0.2, 0.25) is 0 Å². The van der Waals surface area contributed by atoms with E-state index in [0.717, 1.165) is 47.8 Å². The minimum Gasteiger partial charge on any atom is -0.223 e. The van der Waals surface area contributed by atoms with E-state index in [1.54, 1.807) is 22.7 Å². The number of hydrogen-bond donors (Lipinski definition) is 0. The van der Waals surface area contributed by atoms with Gasteiger partial charge in [-0.05, 0) is 32.0 Å².